The molecule has 0 aliphatic carbocycles. The van der Waals surface area contributed by atoms with E-state index >= 15 is 0 Å². The van der Waals surface area contributed by atoms with Crippen LogP contribution in [-0.4, -0.2) is 38.9 Å². The highest BCUT2D eigenvalue weighted by atomic mass is 16.5. The number of anilines is 1. The molecule has 2 aromatic rings. The fraction of sp³-hybridized carbons (Fsp3) is 0.533. The van der Waals surface area contributed by atoms with E-state index < -0.39 is 0 Å². The van der Waals surface area contributed by atoms with Crippen LogP contribution in [0.1, 0.15) is 31.7 Å². The first-order valence-corrected chi connectivity index (χ1v) is 7.49. The Morgan fingerprint density at radius 1 is 1.14 bits per heavy atom. The monoisotopic (exact) mass is 285 g/mol. The van der Waals surface area contributed by atoms with Crippen LogP contribution < -0.4 is 9.64 Å². The molecule has 2 unspecified atom stereocenters. The Kier molecular flexibility index (Phi) is 3.02. The van der Waals surface area contributed by atoms with Crippen molar-refractivity contribution in [3.63, 3.8) is 0 Å². The van der Waals surface area contributed by atoms with Crippen LogP contribution in [0, 0.1) is 0 Å². The maximum atomic E-state index is 5.22. The van der Waals surface area contributed by atoms with Crippen LogP contribution in [0.4, 0.5) is 5.95 Å². The molecule has 0 N–H and O–H groups in total. The summed E-state index contributed by atoms with van der Waals surface area (Å²) in [5.74, 6) is 1.44. The smallest absolute Gasteiger partial charge is 0.229 e. The number of piperidine rings is 1. The number of hydrogen-bond acceptors (Lipinski definition) is 5. The molecular formula is C15H19N5O. The summed E-state index contributed by atoms with van der Waals surface area (Å²) in [4.78, 5) is 11.4. The van der Waals surface area contributed by atoms with Crippen molar-refractivity contribution >= 4 is 5.95 Å². The topological polar surface area (TPSA) is 56.1 Å². The van der Waals surface area contributed by atoms with Crippen molar-refractivity contribution in [2.45, 2.75) is 43.8 Å². The Morgan fingerprint density at radius 3 is 2.62 bits per heavy atom. The minimum atomic E-state index is 0.499. The quantitative estimate of drug-likeness (QED) is 0.864. The Bertz CT molecular complexity index is 600. The number of aromatic nitrogens is 4. The van der Waals surface area contributed by atoms with Gasteiger partial charge in [-0.25, -0.2) is 4.98 Å². The lowest BCUT2D eigenvalue weighted by Crippen LogP contribution is -2.44. The Morgan fingerprint density at radius 2 is 1.95 bits per heavy atom. The van der Waals surface area contributed by atoms with Gasteiger partial charge >= 0.3 is 0 Å². The third kappa shape index (κ3) is 2.14. The number of ether oxygens (including phenoxy) is 1. The van der Waals surface area contributed by atoms with E-state index in [1.165, 1.54) is 12.8 Å². The van der Waals surface area contributed by atoms with E-state index in [-0.39, 0.29) is 0 Å². The highest BCUT2D eigenvalue weighted by Gasteiger charge is 2.42. The molecule has 2 aliphatic heterocycles. The summed E-state index contributed by atoms with van der Waals surface area (Å²) in [5, 5.41) is 4.41. The van der Waals surface area contributed by atoms with Gasteiger partial charge in [0.25, 0.3) is 0 Å². The van der Waals surface area contributed by atoms with Gasteiger partial charge in [-0.2, -0.15) is 10.1 Å². The maximum Gasteiger partial charge on any atom is 0.229 e. The summed E-state index contributed by atoms with van der Waals surface area (Å²) in [6, 6.07) is 5.30. The summed E-state index contributed by atoms with van der Waals surface area (Å²) in [6.07, 6.45) is 10.4. The Labute approximate surface area is 123 Å². The van der Waals surface area contributed by atoms with Gasteiger partial charge < -0.3 is 9.64 Å². The zero-order valence-corrected chi connectivity index (χ0v) is 12.1. The van der Waals surface area contributed by atoms with E-state index in [9.17, 15) is 0 Å². The zero-order chi connectivity index (χ0) is 14.2. The molecule has 6 nitrogen and oxygen atoms in total. The van der Waals surface area contributed by atoms with Gasteiger partial charge in [0.2, 0.25) is 11.8 Å². The predicted octanol–water partition coefficient (Wildman–Crippen LogP) is 2.05. The number of fused-ring (bicyclic) bond motifs is 2. The Balaban J connectivity index is 1.59. The SMILES string of the molecule is COc1ccnc(N2C3CCC2CC(n2cccn2)C3)n1. The molecule has 4 heterocycles. The first-order valence-electron chi connectivity index (χ1n) is 7.49. The molecule has 0 radical (unpaired) electrons. The lowest BCUT2D eigenvalue weighted by molar-refractivity contribution is 0.311. The second-order valence-corrected chi connectivity index (χ2v) is 5.80. The predicted molar refractivity (Wildman–Crippen MR) is 78.4 cm³/mol. The van der Waals surface area contributed by atoms with Crippen LogP contribution in [0.5, 0.6) is 5.88 Å². The number of nitrogens with zero attached hydrogens (tertiary/aromatic N) is 5. The summed E-state index contributed by atoms with van der Waals surface area (Å²) in [7, 11) is 1.64. The normalized spacial score (nSPS) is 27.9. The van der Waals surface area contributed by atoms with Gasteiger partial charge in [-0.05, 0) is 31.7 Å². The van der Waals surface area contributed by atoms with Crippen molar-refractivity contribution in [2.75, 3.05) is 12.0 Å². The fourth-order valence-electron chi connectivity index (χ4n) is 3.76. The molecule has 2 saturated heterocycles. The Hall–Kier alpha value is -2.11. The maximum absolute atomic E-state index is 5.22. The summed E-state index contributed by atoms with van der Waals surface area (Å²) in [6.45, 7) is 0. The molecule has 6 heteroatoms. The van der Waals surface area contributed by atoms with E-state index in [1.807, 2.05) is 12.3 Å². The van der Waals surface area contributed by atoms with Gasteiger partial charge in [0.15, 0.2) is 0 Å². The molecule has 2 fully saturated rings. The van der Waals surface area contributed by atoms with Crippen LogP contribution in [0.2, 0.25) is 0 Å². The van der Waals surface area contributed by atoms with Gasteiger partial charge in [0, 0.05) is 36.7 Å². The standard InChI is InChI=1S/C15H19N5O/c1-21-14-5-7-16-15(18-14)20-11-3-4-12(20)10-13(9-11)19-8-2-6-17-19/h2,5-8,11-13H,3-4,9-10H2,1H3. The molecule has 0 saturated carbocycles. The highest BCUT2D eigenvalue weighted by Crippen LogP contribution is 2.42. The van der Waals surface area contributed by atoms with Crippen molar-refractivity contribution < 1.29 is 4.74 Å². The van der Waals surface area contributed by atoms with Gasteiger partial charge in [0.05, 0.1) is 13.2 Å². The third-order valence-corrected chi connectivity index (χ3v) is 4.66. The van der Waals surface area contributed by atoms with E-state index in [4.69, 9.17) is 4.74 Å². The molecule has 21 heavy (non-hydrogen) atoms. The van der Waals surface area contributed by atoms with Crippen LogP contribution in [0.3, 0.4) is 0 Å². The average Bonchev–Trinajstić information content (AvgIpc) is 3.14. The molecule has 2 aliphatic rings. The fourth-order valence-corrected chi connectivity index (χ4v) is 3.76. The van der Waals surface area contributed by atoms with E-state index in [1.54, 1.807) is 19.4 Å². The molecular weight excluding hydrogens is 266 g/mol. The lowest BCUT2D eigenvalue weighted by atomic mass is 9.98. The summed E-state index contributed by atoms with van der Waals surface area (Å²) >= 11 is 0. The van der Waals surface area contributed by atoms with Gasteiger partial charge in [-0.1, -0.05) is 0 Å². The first kappa shape index (κ1) is 12.6. The van der Waals surface area contributed by atoms with Crippen molar-refractivity contribution in [2.24, 2.45) is 0 Å². The van der Waals surface area contributed by atoms with Crippen LogP contribution in [-0.2, 0) is 0 Å². The number of hydrogen-bond donors (Lipinski definition) is 0. The van der Waals surface area contributed by atoms with E-state index in [0.29, 0.717) is 24.0 Å². The summed E-state index contributed by atoms with van der Waals surface area (Å²) in [5.41, 5.74) is 0. The van der Waals surface area contributed by atoms with Crippen LogP contribution >= 0.6 is 0 Å². The van der Waals surface area contributed by atoms with Crippen molar-refractivity contribution in [1.82, 2.24) is 19.7 Å². The van der Waals surface area contributed by atoms with Crippen LogP contribution in [0.25, 0.3) is 0 Å². The zero-order valence-electron chi connectivity index (χ0n) is 12.1. The largest absolute Gasteiger partial charge is 0.481 e. The molecule has 4 rings (SSSR count). The minimum Gasteiger partial charge on any atom is -0.481 e. The highest BCUT2D eigenvalue weighted by molar-refractivity contribution is 5.38. The van der Waals surface area contributed by atoms with Crippen LogP contribution in [0.15, 0.2) is 30.7 Å². The first-order chi connectivity index (χ1) is 10.3. The summed E-state index contributed by atoms with van der Waals surface area (Å²) < 4.78 is 7.33. The molecule has 2 bridgehead atoms. The number of methoxy groups -OCH3 is 1. The van der Waals surface area contributed by atoms with Gasteiger partial charge in [0.1, 0.15) is 0 Å². The van der Waals surface area contributed by atoms with Gasteiger partial charge in [-0.15, -0.1) is 0 Å². The van der Waals surface area contributed by atoms with Crippen molar-refractivity contribution in [3.05, 3.63) is 30.7 Å². The van der Waals surface area contributed by atoms with Gasteiger partial charge in [-0.3, -0.25) is 4.68 Å². The lowest BCUT2D eigenvalue weighted by Gasteiger charge is -2.39. The van der Waals surface area contributed by atoms with E-state index in [2.05, 4.69) is 30.8 Å². The van der Waals surface area contributed by atoms with Crippen molar-refractivity contribution in [1.29, 1.82) is 0 Å². The molecule has 2 atom stereocenters. The average molecular weight is 285 g/mol. The second-order valence-electron chi connectivity index (χ2n) is 5.80. The molecule has 0 amide bonds. The molecule has 2 aromatic heterocycles. The molecule has 110 valence electrons. The minimum absolute atomic E-state index is 0.499. The molecule has 0 aromatic carbocycles. The molecule has 0 spiro atoms. The third-order valence-electron chi connectivity index (χ3n) is 4.66. The van der Waals surface area contributed by atoms with E-state index in [0.717, 1.165) is 18.8 Å². The number of rotatable bonds is 3. The second kappa shape index (κ2) is 5.02. The van der Waals surface area contributed by atoms with Crippen molar-refractivity contribution in [3.8, 4) is 5.88 Å².